The minimum absolute atomic E-state index is 0.0839. The topological polar surface area (TPSA) is 26.0 Å². The van der Waals surface area contributed by atoms with Crippen molar-refractivity contribution in [2.75, 3.05) is 0 Å². The van der Waals surface area contributed by atoms with Gasteiger partial charge in [0.1, 0.15) is 5.82 Å². The highest BCUT2D eigenvalue weighted by molar-refractivity contribution is 9.10. The van der Waals surface area contributed by atoms with Crippen molar-refractivity contribution < 1.29 is 4.39 Å². The highest BCUT2D eigenvalue weighted by atomic mass is 79.9. The van der Waals surface area contributed by atoms with Crippen LogP contribution in [0.3, 0.4) is 0 Å². The van der Waals surface area contributed by atoms with Gasteiger partial charge in [0.25, 0.3) is 0 Å². The molecule has 1 aliphatic rings. The van der Waals surface area contributed by atoms with Crippen LogP contribution in [0.15, 0.2) is 16.6 Å². The molecule has 0 spiro atoms. The molecule has 0 heterocycles. The summed E-state index contributed by atoms with van der Waals surface area (Å²) in [5.41, 5.74) is 8.09. The number of fused-ring (bicyclic) bond motifs is 1. The lowest BCUT2D eigenvalue weighted by atomic mass is 9.88. The van der Waals surface area contributed by atoms with E-state index in [1.165, 1.54) is 0 Å². The van der Waals surface area contributed by atoms with Gasteiger partial charge in [-0.15, -0.1) is 0 Å². The van der Waals surface area contributed by atoms with E-state index in [-0.39, 0.29) is 11.9 Å². The molecule has 0 bridgehead atoms. The van der Waals surface area contributed by atoms with Gasteiger partial charge in [0.15, 0.2) is 0 Å². The van der Waals surface area contributed by atoms with Crippen LogP contribution in [-0.2, 0) is 6.42 Å². The van der Waals surface area contributed by atoms with Crippen molar-refractivity contribution in [2.24, 2.45) is 5.73 Å². The minimum Gasteiger partial charge on any atom is -0.324 e. The standard InChI is InChI=1S/C10H11BrFN/c11-8-5-7-6(4-9(8)12)2-1-3-10(7)13/h4-5,10H,1-3,13H2. The lowest BCUT2D eigenvalue weighted by molar-refractivity contribution is 0.558. The molecule has 2 rings (SSSR count). The van der Waals surface area contributed by atoms with Crippen LogP contribution in [0, 0.1) is 5.82 Å². The summed E-state index contributed by atoms with van der Waals surface area (Å²) in [5.74, 6) is -0.187. The third-order valence-corrected chi connectivity index (χ3v) is 3.15. The second kappa shape index (κ2) is 3.39. The van der Waals surface area contributed by atoms with E-state index in [1.54, 1.807) is 6.07 Å². The maximum absolute atomic E-state index is 13.1. The van der Waals surface area contributed by atoms with E-state index in [4.69, 9.17) is 5.73 Å². The Bertz CT molecular complexity index is 338. The first-order valence-electron chi connectivity index (χ1n) is 4.42. The third kappa shape index (κ3) is 1.63. The fourth-order valence-corrected chi connectivity index (χ4v) is 2.19. The Labute approximate surface area is 85.3 Å². The predicted molar refractivity (Wildman–Crippen MR) is 54.0 cm³/mol. The van der Waals surface area contributed by atoms with Crippen molar-refractivity contribution in [3.63, 3.8) is 0 Å². The average molecular weight is 244 g/mol. The molecule has 70 valence electrons. The van der Waals surface area contributed by atoms with Gasteiger partial charge in [-0.3, -0.25) is 0 Å². The van der Waals surface area contributed by atoms with Gasteiger partial charge in [0.2, 0.25) is 0 Å². The van der Waals surface area contributed by atoms with Gasteiger partial charge in [0.05, 0.1) is 4.47 Å². The molecule has 1 atom stereocenters. The first-order valence-corrected chi connectivity index (χ1v) is 5.21. The molecule has 0 saturated carbocycles. The average Bonchev–Trinajstić information content (AvgIpc) is 2.09. The summed E-state index contributed by atoms with van der Waals surface area (Å²) in [7, 11) is 0. The number of rotatable bonds is 0. The maximum atomic E-state index is 13.1. The van der Waals surface area contributed by atoms with Gasteiger partial charge in [0, 0.05) is 6.04 Å². The molecule has 1 aromatic rings. The molecule has 1 unspecified atom stereocenters. The zero-order valence-corrected chi connectivity index (χ0v) is 8.77. The molecule has 1 aromatic carbocycles. The molecule has 13 heavy (non-hydrogen) atoms. The first kappa shape index (κ1) is 9.16. The lowest BCUT2D eigenvalue weighted by Crippen LogP contribution is -2.17. The van der Waals surface area contributed by atoms with Gasteiger partial charge in [-0.25, -0.2) is 4.39 Å². The van der Waals surface area contributed by atoms with Crippen LogP contribution < -0.4 is 5.73 Å². The van der Waals surface area contributed by atoms with E-state index in [2.05, 4.69) is 15.9 Å². The second-order valence-electron chi connectivity index (χ2n) is 3.46. The lowest BCUT2D eigenvalue weighted by Gasteiger charge is -2.22. The Morgan fingerprint density at radius 2 is 2.23 bits per heavy atom. The first-order chi connectivity index (χ1) is 6.18. The van der Waals surface area contributed by atoms with Crippen molar-refractivity contribution in [1.82, 2.24) is 0 Å². The molecule has 0 aromatic heterocycles. The van der Waals surface area contributed by atoms with Crippen molar-refractivity contribution in [1.29, 1.82) is 0 Å². The van der Waals surface area contributed by atoms with E-state index < -0.39 is 0 Å². The van der Waals surface area contributed by atoms with Crippen molar-refractivity contribution in [3.05, 3.63) is 33.5 Å². The summed E-state index contributed by atoms with van der Waals surface area (Å²) in [6.07, 6.45) is 3.02. The van der Waals surface area contributed by atoms with Crippen LogP contribution in [0.2, 0.25) is 0 Å². The number of hydrogen-bond acceptors (Lipinski definition) is 1. The summed E-state index contributed by atoms with van der Waals surface area (Å²) in [5, 5.41) is 0. The summed E-state index contributed by atoms with van der Waals surface area (Å²) < 4.78 is 13.7. The van der Waals surface area contributed by atoms with Crippen LogP contribution in [0.1, 0.15) is 30.0 Å². The second-order valence-corrected chi connectivity index (χ2v) is 4.32. The zero-order valence-electron chi connectivity index (χ0n) is 7.19. The van der Waals surface area contributed by atoms with Gasteiger partial charge in [-0.2, -0.15) is 0 Å². The van der Waals surface area contributed by atoms with Gasteiger partial charge in [-0.05, 0) is 58.5 Å². The molecule has 3 heteroatoms. The molecule has 1 nitrogen and oxygen atoms in total. The number of benzene rings is 1. The van der Waals surface area contributed by atoms with Gasteiger partial charge in [-0.1, -0.05) is 0 Å². The maximum Gasteiger partial charge on any atom is 0.137 e. The van der Waals surface area contributed by atoms with Crippen LogP contribution in [-0.4, -0.2) is 0 Å². The normalized spacial score (nSPS) is 21.3. The smallest absolute Gasteiger partial charge is 0.137 e. The molecule has 1 aliphatic carbocycles. The SMILES string of the molecule is NC1CCCc2cc(F)c(Br)cc21. The molecule has 0 saturated heterocycles. The van der Waals surface area contributed by atoms with Crippen LogP contribution in [0.4, 0.5) is 4.39 Å². The number of aryl methyl sites for hydroxylation is 1. The zero-order chi connectivity index (χ0) is 9.42. The van der Waals surface area contributed by atoms with Crippen LogP contribution >= 0.6 is 15.9 Å². The highest BCUT2D eigenvalue weighted by Crippen LogP contribution is 2.31. The Balaban J connectivity index is 2.52. The monoisotopic (exact) mass is 243 g/mol. The molecule has 0 fully saturated rings. The minimum atomic E-state index is -0.187. The van der Waals surface area contributed by atoms with E-state index >= 15 is 0 Å². The third-order valence-electron chi connectivity index (χ3n) is 2.54. The Kier molecular flexibility index (Phi) is 2.39. The van der Waals surface area contributed by atoms with Crippen LogP contribution in [0.5, 0.6) is 0 Å². The molecular weight excluding hydrogens is 233 g/mol. The Morgan fingerprint density at radius 1 is 1.46 bits per heavy atom. The predicted octanol–water partition coefficient (Wildman–Crippen LogP) is 2.92. The van der Waals surface area contributed by atoms with E-state index in [0.29, 0.717) is 4.47 Å². The van der Waals surface area contributed by atoms with Crippen molar-refractivity contribution in [3.8, 4) is 0 Å². The van der Waals surface area contributed by atoms with Gasteiger partial charge < -0.3 is 5.73 Å². The van der Waals surface area contributed by atoms with Gasteiger partial charge >= 0.3 is 0 Å². The molecule has 0 radical (unpaired) electrons. The number of hydrogen-bond donors (Lipinski definition) is 1. The summed E-state index contributed by atoms with van der Waals surface area (Å²) in [4.78, 5) is 0. The number of halogens is 2. The Hall–Kier alpha value is -0.410. The van der Waals surface area contributed by atoms with Crippen molar-refractivity contribution >= 4 is 15.9 Å². The fourth-order valence-electron chi connectivity index (χ4n) is 1.83. The molecule has 2 N–H and O–H groups in total. The molecular formula is C10H11BrFN. The fraction of sp³-hybridized carbons (Fsp3) is 0.400. The van der Waals surface area contributed by atoms with E-state index in [0.717, 1.165) is 30.4 Å². The Morgan fingerprint density at radius 3 is 3.00 bits per heavy atom. The van der Waals surface area contributed by atoms with Crippen LogP contribution in [0.25, 0.3) is 0 Å². The summed E-state index contributed by atoms with van der Waals surface area (Å²) in [6, 6.07) is 3.49. The largest absolute Gasteiger partial charge is 0.324 e. The number of nitrogens with two attached hydrogens (primary N) is 1. The van der Waals surface area contributed by atoms with E-state index in [1.807, 2.05) is 6.07 Å². The molecule has 0 aliphatic heterocycles. The highest BCUT2D eigenvalue weighted by Gasteiger charge is 2.18. The summed E-state index contributed by atoms with van der Waals surface area (Å²) >= 11 is 3.17. The van der Waals surface area contributed by atoms with E-state index in [9.17, 15) is 4.39 Å². The summed E-state index contributed by atoms with van der Waals surface area (Å²) in [6.45, 7) is 0. The molecule has 0 amide bonds. The van der Waals surface area contributed by atoms with Crippen molar-refractivity contribution in [2.45, 2.75) is 25.3 Å². The quantitative estimate of drug-likeness (QED) is 0.746.